The van der Waals surface area contributed by atoms with E-state index in [1.807, 2.05) is 0 Å². The molecular weight excluding hydrogens is 248 g/mol. The normalized spacial score (nSPS) is 22.9. The molecule has 2 aliphatic heterocycles. The molecule has 7 nitrogen and oxygen atoms in total. The summed E-state index contributed by atoms with van der Waals surface area (Å²) in [5, 5.41) is 16.2. The lowest BCUT2D eigenvalue weighted by molar-refractivity contribution is -0.125. The molecule has 0 radical (unpaired) electrons. The molecule has 0 aromatic rings. The van der Waals surface area contributed by atoms with E-state index in [1.54, 1.807) is 4.90 Å². The van der Waals surface area contributed by atoms with E-state index >= 15 is 0 Å². The fourth-order valence-corrected chi connectivity index (χ4v) is 2.39. The van der Waals surface area contributed by atoms with Crippen LogP contribution >= 0.6 is 0 Å². The highest BCUT2D eigenvalue weighted by molar-refractivity contribution is 6.39. The topological polar surface area (TPSA) is 94.0 Å². The lowest BCUT2D eigenvalue weighted by Gasteiger charge is -2.26. The number of aliphatic hydroxyl groups excluding tert-OH is 1. The highest BCUT2D eigenvalue weighted by atomic mass is 16.3. The Morgan fingerprint density at radius 1 is 1.47 bits per heavy atom. The van der Waals surface area contributed by atoms with Gasteiger partial charge in [-0.15, -0.1) is 0 Å². The second kappa shape index (κ2) is 6.63. The first-order chi connectivity index (χ1) is 9.20. The molecule has 0 bridgehead atoms. The van der Waals surface area contributed by atoms with Gasteiger partial charge in [-0.2, -0.15) is 5.10 Å². The first-order valence-electron chi connectivity index (χ1n) is 6.69. The molecule has 1 saturated heterocycles. The summed E-state index contributed by atoms with van der Waals surface area (Å²) < 4.78 is 0. The van der Waals surface area contributed by atoms with Crippen molar-refractivity contribution in [2.45, 2.75) is 31.7 Å². The van der Waals surface area contributed by atoms with Crippen LogP contribution < -0.4 is 10.7 Å². The number of hydrogen-bond donors (Lipinski definition) is 3. The van der Waals surface area contributed by atoms with Crippen LogP contribution in [0.15, 0.2) is 5.10 Å². The van der Waals surface area contributed by atoms with E-state index in [-0.39, 0.29) is 24.5 Å². The fourth-order valence-electron chi connectivity index (χ4n) is 2.39. The monoisotopic (exact) mass is 268 g/mol. The van der Waals surface area contributed by atoms with Gasteiger partial charge in [-0.3, -0.25) is 9.59 Å². The summed E-state index contributed by atoms with van der Waals surface area (Å²) in [5.41, 5.74) is 2.69. The summed E-state index contributed by atoms with van der Waals surface area (Å²) in [6, 6.07) is 0.286. The minimum atomic E-state index is -0.192. The zero-order valence-electron chi connectivity index (χ0n) is 10.9. The molecule has 1 atom stereocenters. The fraction of sp³-hybridized carbons (Fsp3) is 0.750. The molecule has 0 aromatic carbocycles. The number of amides is 2. The molecule has 7 heteroatoms. The molecule has 0 aromatic heterocycles. The van der Waals surface area contributed by atoms with Crippen LogP contribution in [0.3, 0.4) is 0 Å². The first-order valence-corrected chi connectivity index (χ1v) is 6.69. The van der Waals surface area contributed by atoms with Crippen molar-refractivity contribution in [1.82, 2.24) is 15.6 Å². The van der Waals surface area contributed by atoms with Crippen molar-refractivity contribution in [1.29, 1.82) is 0 Å². The van der Waals surface area contributed by atoms with E-state index in [4.69, 9.17) is 5.11 Å². The smallest absolute Gasteiger partial charge is 0.270 e. The lowest BCUT2D eigenvalue weighted by Crippen LogP contribution is -2.46. The van der Waals surface area contributed by atoms with Gasteiger partial charge < -0.3 is 15.3 Å². The molecule has 1 unspecified atom stereocenters. The van der Waals surface area contributed by atoms with Gasteiger partial charge in [-0.05, 0) is 19.4 Å². The maximum Gasteiger partial charge on any atom is 0.270 e. The summed E-state index contributed by atoms with van der Waals surface area (Å²) in [7, 11) is 0. The van der Waals surface area contributed by atoms with E-state index in [0.29, 0.717) is 31.6 Å². The SMILES string of the molecule is O=C1CCC(C(=O)N(CCO)CC2CCCN2)=NN1. The highest BCUT2D eigenvalue weighted by Crippen LogP contribution is 2.09. The van der Waals surface area contributed by atoms with Crippen molar-refractivity contribution in [2.24, 2.45) is 5.10 Å². The van der Waals surface area contributed by atoms with Gasteiger partial charge in [-0.25, -0.2) is 5.43 Å². The number of hydrazone groups is 1. The van der Waals surface area contributed by atoms with Crippen molar-refractivity contribution >= 4 is 17.5 Å². The van der Waals surface area contributed by atoms with E-state index in [2.05, 4.69) is 15.8 Å². The molecule has 106 valence electrons. The number of carbonyl (C=O) groups is 2. The van der Waals surface area contributed by atoms with Crippen LogP contribution in [0.25, 0.3) is 0 Å². The van der Waals surface area contributed by atoms with Crippen LogP contribution in [0.4, 0.5) is 0 Å². The predicted octanol–water partition coefficient (Wildman–Crippen LogP) is -1.17. The van der Waals surface area contributed by atoms with E-state index in [9.17, 15) is 9.59 Å². The minimum absolute atomic E-state index is 0.0713. The van der Waals surface area contributed by atoms with E-state index < -0.39 is 0 Å². The third kappa shape index (κ3) is 3.74. The maximum atomic E-state index is 12.3. The van der Waals surface area contributed by atoms with Gasteiger partial charge in [0, 0.05) is 32.0 Å². The summed E-state index contributed by atoms with van der Waals surface area (Å²) in [6.45, 7) is 1.78. The number of aliphatic hydroxyl groups is 1. The number of nitrogens with one attached hydrogen (secondary N) is 2. The van der Waals surface area contributed by atoms with Gasteiger partial charge in [0.05, 0.1) is 6.61 Å². The molecule has 2 heterocycles. The first kappa shape index (κ1) is 14.0. The second-order valence-corrected chi connectivity index (χ2v) is 4.86. The molecule has 19 heavy (non-hydrogen) atoms. The van der Waals surface area contributed by atoms with Crippen molar-refractivity contribution in [2.75, 3.05) is 26.2 Å². The molecule has 2 amide bonds. The number of carbonyl (C=O) groups excluding carboxylic acids is 2. The number of hydrogen-bond acceptors (Lipinski definition) is 5. The Balaban J connectivity index is 1.96. The molecule has 3 N–H and O–H groups in total. The van der Waals surface area contributed by atoms with Crippen molar-refractivity contribution in [3.05, 3.63) is 0 Å². The number of rotatable bonds is 5. The quantitative estimate of drug-likeness (QED) is 0.585. The Kier molecular flexibility index (Phi) is 4.86. The molecule has 0 aliphatic carbocycles. The molecule has 1 fully saturated rings. The Morgan fingerprint density at radius 3 is 2.89 bits per heavy atom. The van der Waals surface area contributed by atoms with E-state index in [1.165, 1.54) is 0 Å². The van der Waals surface area contributed by atoms with Crippen LogP contribution in [0.1, 0.15) is 25.7 Å². The summed E-state index contributed by atoms with van der Waals surface area (Å²) in [6.07, 6.45) is 2.81. The summed E-state index contributed by atoms with van der Waals surface area (Å²) in [4.78, 5) is 24.9. The minimum Gasteiger partial charge on any atom is -0.395 e. The predicted molar refractivity (Wildman–Crippen MR) is 69.5 cm³/mol. The molecule has 0 spiro atoms. The third-order valence-corrected chi connectivity index (χ3v) is 3.41. The standard InChI is InChI=1S/C12H20N4O3/c17-7-6-16(8-9-2-1-5-13-9)12(19)10-3-4-11(18)15-14-10/h9,13,17H,1-8H2,(H,15,18). The van der Waals surface area contributed by atoms with Crippen LogP contribution in [0.5, 0.6) is 0 Å². The average molecular weight is 268 g/mol. The zero-order valence-corrected chi connectivity index (χ0v) is 10.9. The average Bonchev–Trinajstić information content (AvgIpc) is 2.91. The largest absolute Gasteiger partial charge is 0.395 e. The van der Waals surface area contributed by atoms with Crippen LogP contribution in [0.2, 0.25) is 0 Å². The maximum absolute atomic E-state index is 12.3. The van der Waals surface area contributed by atoms with Crippen LogP contribution in [0, 0.1) is 0 Å². The zero-order chi connectivity index (χ0) is 13.7. The molecule has 0 saturated carbocycles. The second-order valence-electron chi connectivity index (χ2n) is 4.86. The Morgan fingerprint density at radius 2 is 2.32 bits per heavy atom. The lowest BCUT2D eigenvalue weighted by atomic mass is 10.1. The van der Waals surface area contributed by atoms with Gasteiger partial charge in [0.25, 0.3) is 5.91 Å². The van der Waals surface area contributed by atoms with E-state index in [0.717, 1.165) is 19.4 Å². The highest BCUT2D eigenvalue weighted by Gasteiger charge is 2.26. The molecule has 2 aliphatic rings. The molecular formula is C12H20N4O3. The molecule has 2 rings (SSSR count). The Labute approximate surface area is 112 Å². The summed E-state index contributed by atoms with van der Waals surface area (Å²) in [5.74, 6) is -0.356. The van der Waals surface area contributed by atoms with Gasteiger partial charge in [0.1, 0.15) is 5.71 Å². The summed E-state index contributed by atoms with van der Waals surface area (Å²) >= 11 is 0. The van der Waals surface area contributed by atoms with Gasteiger partial charge >= 0.3 is 0 Å². The van der Waals surface area contributed by atoms with Crippen LogP contribution in [-0.2, 0) is 9.59 Å². The van der Waals surface area contributed by atoms with Crippen molar-refractivity contribution in [3.8, 4) is 0 Å². The number of nitrogens with zero attached hydrogens (tertiary/aromatic N) is 2. The van der Waals surface area contributed by atoms with Crippen molar-refractivity contribution < 1.29 is 14.7 Å². The Bertz CT molecular complexity index is 377. The van der Waals surface area contributed by atoms with Gasteiger partial charge in [0.15, 0.2) is 0 Å². The van der Waals surface area contributed by atoms with Gasteiger partial charge in [0.2, 0.25) is 5.91 Å². The third-order valence-electron chi connectivity index (χ3n) is 3.41. The Hall–Kier alpha value is -1.47. The van der Waals surface area contributed by atoms with Crippen molar-refractivity contribution in [3.63, 3.8) is 0 Å². The van der Waals surface area contributed by atoms with Gasteiger partial charge in [-0.1, -0.05) is 0 Å². The van der Waals surface area contributed by atoms with Crippen LogP contribution in [-0.4, -0.2) is 59.8 Å².